The zero-order valence-corrected chi connectivity index (χ0v) is 53.2. The van der Waals surface area contributed by atoms with E-state index >= 15 is 0 Å². The van der Waals surface area contributed by atoms with Gasteiger partial charge in [0.05, 0.1) is 47.8 Å². The minimum atomic E-state index is -1.31. The van der Waals surface area contributed by atoms with Crippen LogP contribution in [0.2, 0.25) is 0 Å². The SMILES string of the molecule is CNC(=O)C[C@@H]1NC(=O)c2csc(n2)-c2ccc(-c3nc(N(CCCC(=O)O)C(=O)c4ccc(C(=O)O)cc4)cs3)nc2-c2csc(n2)-c2csc(n2)[C@H]([C@@H](O)c2ccccc2)NC(=O)CNC(=O)c2nc(sc2COC)[C@H](C(C)C)NC(=O)c2nc1sc2C. The topological polar surface area (TPSA) is 360 Å². The van der Waals surface area contributed by atoms with Gasteiger partial charge in [-0.15, -0.1) is 68.0 Å². The van der Waals surface area contributed by atoms with Crippen LogP contribution >= 0.6 is 68.0 Å². The number of benzene rings is 2. The highest BCUT2D eigenvalue weighted by Crippen LogP contribution is 2.40. The van der Waals surface area contributed by atoms with E-state index in [1.54, 1.807) is 70.9 Å². The molecule has 8 heterocycles. The number of carboxylic acid groups (broad SMARTS) is 2. The third-order valence-electron chi connectivity index (χ3n) is 13.9. The van der Waals surface area contributed by atoms with Gasteiger partial charge in [-0.25, -0.2) is 39.7 Å². The third kappa shape index (κ3) is 14.5. The number of thiazole rings is 6. The number of ether oxygens (including phenoxy) is 1. The summed E-state index contributed by atoms with van der Waals surface area (Å²) in [5.74, 6) is -5.89. The lowest BCUT2D eigenvalue weighted by Gasteiger charge is -2.23. The van der Waals surface area contributed by atoms with E-state index in [9.17, 15) is 53.7 Å². The molecule has 2 aromatic carbocycles. The van der Waals surface area contributed by atoms with Crippen LogP contribution in [0.4, 0.5) is 5.82 Å². The fraction of sp³-hybridized carbons (Fsp3) is 0.271. The van der Waals surface area contributed by atoms with Gasteiger partial charge < -0.3 is 46.6 Å². The Bertz CT molecular complexity index is 4180. The lowest BCUT2D eigenvalue weighted by Crippen LogP contribution is -2.40. The molecule has 4 atom stereocenters. The number of nitrogens with zero attached hydrogens (tertiary/aromatic N) is 8. The maximum Gasteiger partial charge on any atom is 0.335 e. The van der Waals surface area contributed by atoms with Crippen molar-refractivity contribution in [1.29, 1.82) is 0 Å². The molecule has 25 nitrogen and oxygen atoms in total. The van der Waals surface area contributed by atoms with Crippen molar-refractivity contribution in [3.63, 3.8) is 0 Å². The number of hydrogen-bond acceptors (Lipinski definition) is 23. The van der Waals surface area contributed by atoms with Crippen LogP contribution in [-0.2, 0) is 25.7 Å². The molecule has 0 saturated carbocycles. The lowest BCUT2D eigenvalue weighted by molar-refractivity contribution is -0.137. The standard InChI is InChI=1S/C59H55N13O12S6/c1-27(2)43-57-71-46(38(90-57)22-84-5)50(79)61-21-41(74)68-47(48(77)29-10-7-6-8-11-29)56-66-37(25-87-56)54-64-35(23-86-54)45-32(52-65-36(24-85-52)49(78)63-34(20-40(73)60-4)55-70-44(28(3)89-55)51(80)69-43)17-18-33(62-45)53-67-39(26-88-53)72(19-9-12-42(75)76)58(81)30-13-15-31(16-14-30)59(82)83/h6-8,10-11,13-18,23-27,34,43,47-48,77H,9,12,19-22H2,1-5H3,(H,60,73)(H,61,79)(H,63,78)(H,68,74)(H,69,80)(H,75,76)(H,82,83)/t34-,43-,47-,48-/m0/s1. The number of aromatic carboxylic acids is 1. The molecule has 9 aromatic rings. The highest BCUT2D eigenvalue weighted by atomic mass is 32.1. The third-order valence-corrected chi connectivity index (χ3v) is 19.6. The van der Waals surface area contributed by atoms with E-state index in [2.05, 4.69) is 36.6 Å². The van der Waals surface area contributed by atoms with Gasteiger partial charge in [0, 0.05) is 64.6 Å². The first-order valence-corrected chi connectivity index (χ1v) is 32.7. The molecule has 0 saturated heterocycles. The number of carbonyl (C=O) groups is 8. The average molecular weight is 1330 g/mol. The number of amides is 6. The molecule has 31 heteroatoms. The summed E-state index contributed by atoms with van der Waals surface area (Å²) in [7, 11) is 2.91. The average Bonchev–Trinajstić information content (AvgIpc) is 1.76. The minimum absolute atomic E-state index is 0.0164. The van der Waals surface area contributed by atoms with E-state index < -0.39 is 78.2 Å². The van der Waals surface area contributed by atoms with Gasteiger partial charge in [-0.1, -0.05) is 44.2 Å². The summed E-state index contributed by atoms with van der Waals surface area (Å²) in [5.41, 5.74) is 2.37. The van der Waals surface area contributed by atoms with Crippen LogP contribution in [0.15, 0.2) is 88.3 Å². The molecule has 0 fully saturated rings. The molecule has 0 unspecified atom stereocenters. The van der Waals surface area contributed by atoms with Crippen molar-refractivity contribution < 1.29 is 58.4 Å². The van der Waals surface area contributed by atoms with Crippen LogP contribution < -0.4 is 31.5 Å². The molecular formula is C59H55N13O12S6. The fourth-order valence-electron chi connectivity index (χ4n) is 9.32. The van der Waals surface area contributed by atoms with E-state index in [-0.39, 0.29) is 83.1 Å². The summed E-state index contributed by atoms with van der Waals surface area (Å²) in [4.78, 5) is 143. The van der Waals surface area contributed by atoms with Crippen molar-refractivity contribution in [2.24, 2.45) is 5.92 Å². The van der Waals surface area contributed by atoms with Gasteiger partial charge in [-0.3, -0.25) is 38.5 Å². The minimum Gasteiger partial charge on any atom is -0.481 e. The summed E-state index contributed by atoms with van der Waals surface area (Å²) in [5, 5.41) is 53.7. The Morgan fingerprint density at radius 1 is 0.678 bits per heavy atom. The van der Waals surface area contributed by atoms with E-state index in [1.807, 2.05) is 13.8 Å². The first-order chi connectivity index (χ1) is 43.3. The Labute approximate surface area is 536 Å². The number of rotatable bonds is 15. The Balaban J connectivity index is 1.06. The number of fused-ring (bicyclic) bond motifs is 14. The molecule has 1 aliphatic rings. The van der Waals surface area contributed by atoms with Crippen LogP contribution in [0, 0.1) is 12.8 Å². The maximum atomic E-state index is 14.4. The van der Waals surface area contributed by atoms with Crippen molar-refractivity contribution in [3.05, 3.63) is 147 Å². The van der Waals surface area contributed by atoms with E-state index in [1.165, 1.54) is 54.7 Å². The number of carboxylic acids is 2. The number of methoxy groups -OCH3 is 1. The number of aliphatic hydroxyl groups is 1. The Kier molecular flexibility index (Phi) is 20.1. The van der Waals surface area contributed by atoms with Crippen molar-refractivity contribution in [2.75, 3.05) is 32.1 Å². The van der Waals surface area contributed by atoms with Gasteiger partial charge in [0.15, 0.2) is 0 Å². The number of aromatic nitrogens is 7. The number of pyridine rings is 1. The molecule has 464 valence electrons. The Morgan fingerprint density at radius 3 is 2.09 bits per heavy atom. The lowest BCUT2D eigenvalue weighted by atomic mass is 10.0. The maximum absolute atomic E-state index is 14.4. The summed E-state index contributed by atoms with van der Waals surface area (Å²) >= 11 is 6.94. The summed E-state index contributed by atoms with van der Waals surface area (Å²) in [6.45, 7) is 4.83. The van der Waals surface area contributed by atoms with Gasteiger partial charge in [0.2, 0.25) is 11.8 Å². The Hall–Kier alpha value is -8.95. The number of aliphatic hydroxyl groups excluding tert-OH is 1. The van der Waals surface area contributed by atoms with Gasteiger partial charge in [-0.2, -0.15) is 0 Å². The molecule has 6 amide bonds. The second kappa shape index (κ2) is 28.3. The van der Waals surface area contributed by atoms with E-state index in [0.717, 1.165) is 56.7 Å². The second-order valence-electron chi connectivity index (χ2n) is 20.5. The number of aryl methyl sites for hydroxylation is 1. The molecule has 0 radical (unpaired) electrons. The highest BCUT2D eigenvalue weighted by molar-refractivity contribution is 7.15. The van der Waals surface area contributed by atoms with Crippen molar-refractivity contribution in [1.82, 2.24) is 61.5 Å². The van der Waals surface area contributed by atoms with Gasteiger partial charge in [-0.05, 0) is 61.2 Å². The molecule has 0 aliphatic carbocycles. The zero-order valence-electron chi connectivity index (χ0n) is 48.3. The van der Waals surface area contributed by atoms with Crippen molar-refractivity contribution >= 4 is 121 Å². The van der Waals surface area contributed by atoms with Crippen LogP contribution in [0.3, 0.4) is 0 Å². The molecule has 0 spiro atoms. The summed E-state index contributed by atoms with van der Waals surface area (Å²) in [6, 6.07) is 14.5. The number of hydrogen-bond donors (Lipinski definition) is 8. The van der Waals surface area contributed by atoms with Gasteiger partial charge in [0.25, 0.3) is 23.6 Å². The normalized spacial score (nSPS) is 15.9. The first-order valence-electron chi connectivity index (χ1n) is 27.6. The zero-order chi connectivity index (χ0) is 63.9. The number of aliphatic carboxylic acids is 1. The van der Waals surface area contributed by atoms with E-state index in [4.69, 9.17) is 29.7 Å². The molecule has 8 N–H and O–H groups in total. The summed E-state index contributed by atoms with van der Waals surface area (Å²) in [6.07, 6.45) is -1.74. The van der Waals surface area contributed by atoms with E-state index in [0.29, 0.717) is 63.0 Å². The smallest absolute Gasteiger partial charge is 0.335 e. The summed E-state index contributed by atoms with van der Waals surface area (Å²) < 4.78 is 5.45. The predicted octanol–water partition coefficient (Wildman–Crippen LogP) is 8.52. The molecule has 90 heavy (non-hydrogen) atoms. The van der Waals surface area contributed by atoms with Crippen LogP contribution in [-0.4, -0.2) is 125 Å². The fourth-order valence-corrected chi connectivity index (χ4v) is 14.9. The molecule has 10 rings (SSSR count). The van der Waals surface area contributed by atoms with Crippen molar-refractivity contribution in [3.8, 4) is 43.4 Å². The molecular weight excluding hydrogens is 1280 g/mol. The largest absolute Gasteiger partial charge is 0.481 e. The molecule has 1 aliphatic heterocycles. The van der Waals surface area contributed by atoms with Crippen LogP contribution in [0.1, 0.15) is 140 Å². The number of carbonyl (C=O) groups excluding carboxylic acids is 6. The highest BCUT2D eigenvalue weighted by Gasteiger charge is 2.33. The number of anilines is 1. The molecule has 7 aromatic heterocycles. The number of nitrogens with one attached hydrogen (secondary N) is 5. The monoisotopic (exact) mass is 1330 g/mol. The van der Waals surface area contributed by atoms with Gasteiger partial charge in [0.1, 0.15) is 82.2 Å². The van der Waals surface area contributed by atoms with Crippen LogP contribution in [0.25, 0.3) is 43.4 Å². The molecule has 10 bridgehead atoms. The quantitative estimate of drug-likeness (QED) is 0.0476. The van der Waals surface area contributed by atoms with Crippen molar-refractivity contribution in [2.45, 2.75) is 70.9 Å². The van der Waals surface area contributed by atoms with Crippen LogP contribution in [0.5, 0.6) is 0 Å². The predicted molar refractivity (Wildman–Crippen MR) is 339 cm³/mol. The second-order valence-corrected chi connectivity index (χ2v) is 26.3. The Morgan fingerprint density at radius 2 is 1.37 bits per heavy atom. The first kappa shape index (κ1) is 64.0. The van der Waals surface area contributed by atoms with Gasteiger partial charge >= 0.3 is 11.9 Å².